The van der Waals surface area contributed by atoms with Gasteiger partial charge >= 0.3 is 5.97 Å². The van der Waals surface area contributed by atoms with Crippen LogP contribution >= 0.6 is 0 Å². The summed E-state index contributed by atoms with van der Waals surface area (Å²) in [5, 5.41) is 5.56. The molecule has 1 aliphatic heterocycles. The Balaban J connectivity index is 1.77. The highest BCUT2D eigenvalue weighted by molar-refractivity contribution is 5.86. The zero-order chi connectivity index (χ0) is 17.7. The molecule has 1 aromatic carbocycles. The molecule has 0 spiro atoms. The number of hydrogen-bond acceptors (Lipinski definition) is 5. The van der Waals surface area contributed by atoms with Crippen molar-refractivity contribution < 1.29 is 23.5 Å². The number of amides is 1. The van der Waals surface area contributed by atoms with Crippen LogP contribution in [0.1, 0.15) is 25.8 Å². The van der Waals surface area contributed by atoms with Gasteiger partial charge in [-0.15, -0.1) is 0 Å². The molecule has 2 rings (SSSR count). The zero-order valence-electron chi connectivity index (χ0n) is 13.7. The Labute approximate surface area is 139 Å². The van der Waals surface area contributed by atoms with Crippen molar-refractivity contribution in [2.75, 3.05) is 6.54 Å². The van der Waals surface area contributed by atoms with Gasteiger partial charge in [-0.1, -0.05) is 12.1 Å². The number of nitrogens with one attached hydrogen (secondary N) is 2. The third-order valence-corrected chi connectivity index (χ3v) is 4.03. The van der Waals surface area contributed by atoms with E-state index in [1.165, 1.54) is 26.0 Å². The minimum Gasteiger partial charge on any atom is -0.451 e. The van der Waals surface area contributed by atoms with Crippen LogP contribution in [0.5, 0.6) is 0 Å². The van der Waals surface area contributed by atoms with E-state index in [1.807, 2.05) is 0 Å². The molecule has 3 atom stereocenters. The Morgan fingerprint density at radius 2 is 2.00 bits per heavy atom. The molecule has 0 saturated carbocycles. The number of Topliss-reactive ketones (excluding diaryl/α,β-unsaturated/α-hetero) is 1. The largest absolute Gasteiger partial charge is 0.451 e. The van der Waals surface area contributed by atoms with Gasteiger partial charge in [0.2, 0.25) is 0 Å². The van der Waals surface area contributed by atoms with Gasteiger partial charge in [0, 0.05) is 19.0 Å². The van der Waals surface area contributed by atoms with E-state index in [2.05, 4.69) is 10.6 Å². The van der Waals surface area contributed by atoms with Crippen LogP contribution in [0.3, 0.4) is 0 Å². The lowest BCUT2D eigenvalue weighted by atomic mass is 10.0. The van der Waals surface area contributed by atoms with E-state index >= 15 is 0 Å². The molecule has 1 amide bonds. The van der Waals surface area contributed by atoms with Crippen molar-refractivity contribution >= 4 is 17.7 Å². The van der Waals surface area contributed by atoms with E-state index in [0.29, 0.717) is 13.0 Å². The van der Waals surface area contributed by atoms with Crippen LogP contribution in [0.4, 0.5) is 4.39 Å². The Hall–Kier alpha value is -2.28. The summed E-state index contributed by atoms with van der Waals surface area (Å²) in [4.78, 5) is 35.3. The van der Waals surface area contributed by atoms with Gasteiger partial charge in [-0.05, 0) is 38.0 Å². The number of benzene rings is 1. The van der Waals surface area contributed by atoms with Crippen LogP contribution < -0.4 is 10.6 Å². The van der Waals surface area contributed by atoms with E-state index in [0.717, 1.165) is 5.56 Å². The summed E-state index contributed by atoms with van der Waals surface area (Å²) in [6.45, 7) is 3.64. The Kier molecular flexibility index (Phi) is 6.03. The van der Waals surface area contributed by atoms with Gasteiger partial charge in [-0.2, -0.15) is 0 Å². The fourth-order valence-corrected chi connectivity index (χ4v) is 2.47. The fraction of sp³-hybridized carbons (Fsp3) is 0.471. The van der Waals surface area contributed by atoms with Crippen LogP contribution in [0.25, 0.3) is 0 Å². The van der Waals surface area contributed by atoms with Crippen molar-refractivity contribution in [2.45, 2.75) is 39.0 Å². The van der Waals surface area contributed by atoms with Gasteiger partial charge in [-0.3, -0.25) is 14.4 Å². The highest BCUT2D eigenvalue weighted by Crippen LogP contribution is 2.16. The highest BCUT2D eigenvalue weighted by Gasteiger charge is 2.34. The molecular formula is C17H21FN2O4. The lowest BCUT2D eigenvalue weighted by Crippen LogP contribution is -2.40. The Morgan fingerprint density at radius 3 is 2.58 bits per heavy atom. The van der Waals surface area contributed by atoms with E-state index < -0.39 is 24.0 Å². The normalized spacial score (nSPS) is 21.1. The first kappa shape index (κ1) is 18.1. The predicted octanol–water partition coefficient (Wildman–Crippen LogP) is 0.941. The Morgan fingerprint density at radius 1 is 1.33 bits per heavy atom. The lowest BCUT2D eigenvalue weighted by molar-refractivity contribution is -0.156. The molecule has 1 saturated heterocycles. The van der Waals surface area contributed by atoms with E-state index in [4.69, 9.17) is 4.74 Å². The van der Waals surface area contributed by atoms with Gasteiger partial charge in [-0.25, -0.2) is 4.39 Å². The monoisotopic (exact) mass is 336 g/mol. The number of ether oxygens (including phenoxy) is 1. The van der Waals surface area contributed by atoms with Gasteiger partial charge in [0.1, 0.15) is 17.6 Å². The van der Waals surface area contributed by atoms with Crippen molar-refractivity contribution in [1.29, 1.82) is 0 Å². The number of esters is 1. The molecule has 1 heterocycles. The summed E-state index contributed by atoms with van der Waals surface area (Å²) in [5.74, 6) is -1.48. The summed E-state index contributed by atoms with van der Waals surface area (Å²) in [6.07, 6.45) is -0.561. The molecule has 0 radical (unpaired) electrons. The first-order valence-electron chi connectivity index (χ1n) is 7.83. The van der Waals surface area contributed by atoms with Gasteiger partial charge < -0.3 is 15.4 Å². The van der Waals surface area contributed by atoms with E-state index in [-0.39, 0.29) is 24.1 Å². The molecule has 2 N–H and O–H groups in total. The van der Waals surface area contributed by atoms with Crippen molar-refractivity contribution in [1.82, 2.24) is 10.6 Å². The van der Waals surface area contributed by atoms with Crippen LogP contribution in [0.2, 0.25) is 0 Å². The molecule has 24 heavy (non-hydrogen) atoms. The predicted molar refractivity (Wildman–Crippen MR) is 84.4 cm³/mol. The average molecular weight is 336 g/mol. The molecule has 1 aromatic rings. The number of rotatable bonds is 6. The maximum atomic E-state index is 12.8. The molecule has 6 nitrogen and oxygen atoms in total. The lowest BCUT2D eigenvalue weighted by Gasteiger charge is -2.16. The smallest absolute Gasteiger partial charge is 0.323 e. The van der Waals surface area contributed by atoms with Crippen molar-refractivity contribution in [3.8, 4) is 0 Å². The van der Waals surface area contributed by atoms with Crippen molar-refractivity contribution in [2.24, 2.45) is 5.92 Å². The number of carbonyl (C=O) groups is 3. The third kappa shape index (κ3) is 4.86. The quantitative estimate of drug-likeness (QED) is 0.756. The second-order valence-corrected chi connectivity index (χ2v) is 5.93. The van der Waals surface area contributed by atoms with Gasteiger partial charge in [0.25, 0.3) is 5.91 Å². The number of hydrogen-bond donors (Lipinski definition) is 2. The molecule has 3 unspecified atom stereocenters. The van der Waals surface area contributed by atoms with Crippen molar-refractivity contribution in [3.05, 3.63) is 35.6 Å². The molecule has 130 valence electrons. The highest BCUT2D eigenvalue weighted by atomic mass is 19.1. The third-order valence-electron chi connectivity index (χ3n) is 4.03. The Bertz CT molecular complexity index is 618. The molecule has 7 heteroatoms. The fourth-order valence-electron chi connectivity index (χ4n) is 2.47. The SMILES string of the molecule is CC(=O)C1CNC(C(=O)OC(C)C(=O)NCc2ccc(F)cc2)C1. The number of halogens is 1. The summed E-state index contributed by atoms with van der Waals surface area (Å²) < 4.78 is 18.0. The minimum atomic E-state index is -0.948. The van der Waals surface area contributed by atoms with Crippen LogP contribution in [-0.4, -0.2) is 36.4 Å². The van der Waals surface area contributed by atoms with Crippen LogP contribution in [-0.2, 0) is 25.7 Å². The summed E-state index contributed by atoms with van der Waals surface area (Å²) in [7, 11) is 0. The van der Waals surface area contributed by atoms with Gasteiger partial charge in [0.05, 0.1) is 0 Å². The maximum absolute atomic E-state index is 12.8. The average Bonchev–Trinajstić information content (AvgIpc) is 3.04. The molecule has 1 fully saturated rings. The standard InChI is InChI=1S/C17H21FN2O4/c1-10(21)13-7-15(19-9-13)17(23)24-11(2)16(22)20-8-12-3-5-14(18)6-4-12/h3-6,11,13,15,19H,7-9H2,1-2H3,(H,20,22). The second-order valence-electron chi connectivity index (χ2n) is 5.93. The van der Waals surface area contributed by atoms with E-state index in [9.17, 15) is 18.8 Å². The molecule has 0 bridgehead atoms. The first-order valence-corrected chi connectivity index (χ1v) is 7.83. The van der Waals surface area contributed by atoms with Gasteiger partial charge in [0.15, 0.2) is 6.10 Å². The molecule has 0 aromatic heterocycles. The molecule has 1 aliphatic rings. The zero-order valence-corrected chi connectivity index (χ0v) is 13.7. The van der Waals surface area contributed by atoms with Crippen LogP contribution in [0.15, 0.2) is 24.3 Å². The molecular weight excluding hydrogens is 315 g/mol. The summed E-state index contributed by atoms with van der Waals surface area (Å²) in [5.41, 5.74) is 0.741. The number of carbonyl (C=O) groups excluding carboxylic acids is 3. The maximum Gasteiger partial charge on any atom is 0.323 e. The topological polar surface area (TPSA) is 84.5 Å². The number of ketones is 1. The van der Waals surface area contributed by atoms with Crippen LogP contribution in [0, 0.1) is 11.7 Å². The summed E-state index contributed by atoms with van der Waals surface area (Å²) in [6, 6.07) is 5.18. The second kappa shape index (κ2) is 8.01. The molecule has 0 aliphatic carbocycles. The van der Waals surface area contributed by atoms with E-state index in [1.54, 1.807) is 12.1 Å². The summed E-state index contributed by atoms with van der Waals surface area (Å²) >= 11 is 0. The van der Waals surface area contributed by atoms with Crippen molar-refractivity contribution in [3.63, 3.8) is 0 Å². The minimum absolute atomic E-state index is 0.0305. The first-order chi connectivity index (χ1) is 11.4.